The van der Waals surface area contributed by atoms with Crippen molar-refractivity contribution in [1.29, 1.82) is 0 Å². The summed E-state index contributed by atoms with van der Waals surface area (Å²) in [5.41, 5.74) is 1.10. The maximum atomic E-state index is 12.8. The molecule has 5 nitrogen and oxygen atoms in total. The molecule has 1 atom stereocenters. The fourth-order valence-corrected chi connectivity index (χ4v) is 4.82. The van der Waals surface area contributed by atoms with Crippen LogP contribution in [0.1, 0.15) is 12.5 Å². The van der Waals surface area contributed by atoms with E-state index in [1.54, 1.807) is 6.07 Å². The Hall–Kier alpha value is -2.28. The van der Waals surface area contributed by atoms with Gasteiger partial charge in [-0.05, 0) is 41.5 Å². The van der Waals surface area contributed by atoms with Gasteiger partial charge >= 0.3 is 0 Å². The SMILES string of the molecule is CC(C(=O)NCc1cccc2ccccc12)N(c1cc(Cl)ccc1Cl)S(C)(=O)=O. The molecule has 0 radical (unpaired) electrons. The molecule has 0 fully saturated rings. The zero-order chi connectivity index (χ0) is 21.2. The molecule has 3 rings (SSSR count). The normalized spacial score (nSPS) is 12.6. The van der Waals surface area contributed by atoms with Gasteiger partial charge < -0.3 is 5.32 Å². The topological polar surface area (TPSA) is 66.5 Å². The van der Waals surface area contributed by atoms with E-state index in [1.165, 1.54) is 19.1 Å². The van der Waals surface area contributed by atoms with Crippen molar-refractivity contribution in [2.45, 2.75) is 19.5 Å². The van der Waals surface area contributed by atoms with Crippen LogP contribution < -0.4 is 9.62 Å². The molecule has 0 spiro atoms. The van der Waals surface area contributed by atoms with Crippen LogP contribution >= 0.6 is 23.2 Å². The number of carbonyl (C=O) groups excluding carboxylic acids is 1. The molecule has 29 heavy (non-hydrogen) atoms. The van der Waals surface area contributed by atoms with Crippen molar-refractivity contribution in [3.05, 3.63) is 76.3 Å². The van der Waals surface area contributed by atoms with Gasteiger partial charge in [-0.15, -0.1) is 0 Å². The summed E-state index contributed by atoms with van der Waals surface area (Å²) in [6.45, 7) is 1.78. The Morgan fingerprint density at radius 2 is 1.76 bits per heavy atom. The second kappa shape index (κ2) is 8.61. The number of halogens is 2. The Balaban J connectivity index is 1.85. The molecule has 3 aromatic carbocycles. The van der Waals surface area contributed by atoms with Crippen LogP contribution in [0.15, 0.2) is 60.7 Å². The number of sulfonamides is 1. The summed E-state index contributed by atoms with van der Waals surface area (Å²) in [7, 11) is -3.79. The van der Waals surface area contributed by atoms with Gasteiger partial charge in [0.1, 0.15) is 6.04 Å². The maximum absolute atomic E-state index is 12.8. The van der Waals surface area contributed by atoms with Crippen LogP contribution in [0.2, 0.25) is 10.0 Å². The maximum Gasteiger partial charge on any atom is 0.243 e. The van der Waals surface area contributed by atoms with E-state index in [0.717, 1.165) is 26.9 Å². The van der Waals surface area contributed by atoms with Crippen molar-refractivity contribution in [1.82, 2.24) is 5.32 Å². The molecule has 0 aromatic heterocycles. The first kappa shape index (κ1) is 21.4. The first-order valence-corrected chi connectivity index (χ1v) is 11.5. The molecule has 0 heterocycles. The second-order valence-electron chi connectivity index (χ2n) is 6.69. The summed E-state index contributed by atoms with van der Waals surface area (Å²) >= 11 is 12.2. The monoisotopic (exact) mass is 450 g/mol. The molecule has 0 saturated carbocycles. The zero-order valence-electron chi connectivity index (χ0n) is 15.9. The van der Waals surface area contributed by atoms with Gasteiger partial charge in [0, 0.05) is 11.6 Å². The van der Waals surface area contributed by atoms with Crippen molar-refractivity contribution in [2.24, 2.45) is 0 Å². The first-order chi connectivity index (χ1) is 13.7. The fraction of sp³-hybridized carbons (Fsp3) is 0.190. The highest BCUT2D eigenvalue weighted by atomic mass is 35.5. The van der Waals surface area contributed by atoms with Crippen molar-refractivity contribution < 1.29 is 13.2 Å². The zero-order valence-corrected chi connectivity index (χ0v) is 18.2. The smallest absolute Gasteiger partial charge is 0.243 e. The summed E-state index contributed by atoms with van der Waals surface area (Å²) in [5.74, 6) is -0.445. The third-order valence-electron chi connectivity index (χ3n) is 4.57. The molecule has 3 aromatic rings. The van der Waals surface area contributed by atoms with Gasteiger partial charge in [0.05, 0.1) is 17.0 Å². The highest BCUT2D eigenvalue weighted by Crippen LogP contribution is 2.32. The van der Waals surface area contributed by atoms with Crippen LogP contribution in [0.3, 0.4) is 0 Å². The number of carbonyl (C=O) groups is 1. The minimum absolute atomic E-state index is 0.162. The van der Waals surface area contributed by atoms with E-state index in [2.05, 4.69) is 5.32 Å². The van der Waals surface area contributed by atoms with E-state index in [-0.39, 0.29) is 17.3 Å². The Labute approximate surface area is 180 Å². The van der Waals surface area contributed by atoms with Crippen LogP contribution in [0.25, 0.3) is 10.8 Å². The summed E-state index contributed by atoms with van der Waals surface area (Å²) in [6.07, 6.45) is 1.03. The lowest BCUT2D eigenvalue weighted by molar-refractivity contribution is -0.122. The third-order valence-corrected chi connectivity index (χ3v) is 6.35. The second-order valence-corrected chi connectivity index (χ2v) is 9.39. The van der Waals surface area contributed by atoms with Gasteiger partial charge in [0.2, 0.25) is 15.9 Å². The molecule has 0 saturated heterocycles. The molecule has 1 amide bonds. The van der Waals surface area contributed by atoms with Crippen LogP contribution in [-0.2, 0) is 21.4 Å². The molecule has 152 valence electrons. The highest BCUT2D eigenvalue weighted by molar-refractivity contribution is 7.92. The van der Waals surface area contributed by atoms with Crippen molar-refractivity contribution in [3.63, 3.8) is 0 Å². The first-order valence-electron chi connectivity index (χ1n) is 8.87. The summed E-state index contributed by atoms with van der Waals surface area (Å²) in [5, 5.41) is 5.43. The van der Waals surface area contributed by atoms with E-state index >= 15 is 0 Å². The highest BCUT2D eigenvalue weighted by Gasteiger charge is 2.30. The summed E-state index contributed by atoms with van der Waals surface area (Å²) in [6, 6.07) is 17.2. The quantitative estimate of drug-likeness (QED) is 0.595. The molecule has 1 N–H and O–H groups in total. The average Bonchev–Trinajstić information content (AvgIpc) is 2.67. The van der Waals surface area contributed by atoms with Crippen molar-refractivity contribution >= 4 is 55.6 Å². The van der Waals surface area contributed by atoms with Gasteiger partial charge in [-0.1, -0.05) is 65.7 Å². The van der Waals surface area contributed by atoms with Gasteiger partial charge in [-0.25, -0.2) is 8.42 Å². The number of fused-ring (bicyclic) bond motifs is 1. The number of anilines is 1. The summed E-state index contributed by atoms with van der Waals surface area (Å²) in [4.78, 5) is 12.8. The fourth-order valence-electron chi connectivity index (χ4n) is 3.21. The Morgan fingerprint density at radius 1 is 1.07 bits per heavy atom. The number of hydrogen-bond acceptors (Lipinski definition) is 3. The molecule has 0 aliphatic rings. The molecule has 8 heteroatoms. The van der Waals surface area contributed by atoms with Gasteiger partial charge in [-0.2, -0.15) is 0 Å². The lowest BCUT2D eigenvalue weighted by atomic mass is 10.0. The minimum Gasteiger partial charge on any atom is -0.350 e. The molecule has 0 aliphatic heterocycles. The number of nitrogens with one attached hydrogen (secondary N) is 1. The number of hydrogen-bond donors (Lipinski definition) is 1. The van der Waals surface area contributed by atoms with Crippen LogP contribution in [0.4, 0.5) is 5.69 Å². The lowest BCUT2D eigenvalue weighted by Crippen LogP contribution is -2.47. The van der Waals surface area contributed by atoms with Gasteiger partial charge in [0.25, 0.3) is 0 Å². The van der Waals surface area contributed by atoms with E-state index < -0.39 is 22.0 Å². The largest absolute Gasteiger partial charge is 0.350 e. The Bertz CT molecular complexity index is 1160. The molecule has 0 aliphatic carbocycles. The average molecular weight is 451 g/mol. The summed E-state index contributed by atoms with van der Waals surface area (Å²) < 4.78 is 25.9. The van der Waals surface area contributed by atoms with E-state index in [9.17, 15) is 13.2 Å². The van der Waals surface area contributed by atoms with E-state index in [4.69, 9.17) is 23.2 Å². The standard InChI is InChI=1S/C21H20Cl2N2O3S/c1-14(25(29(2,27)28)20-12-17(22)10-11-19(20)23)21(26)24-13-16-8-5-7-15-6-3-4-9-18(15)16/h3-12,14H,13H2,1-2H3,(H,24,26). The van der Waals surface area contributed by atoms with Crippen LogP contribution in [0.5, 0.6) is 0 Å². The van der Waals surface area contributed by atoms with Crippen LogP contribution in [-0.4, -0.2) is 26.6 Å². The third kappa shape index (κ3) is 4.83. The van der Waals surface area contributed by atoms with Crippen molar-refractivity contribution in [2.75, 3.05) is 10.6 Å². The predicted octanol–water partition coefficient (Wildman–Crippen LogP) is 4.62. The minimum atomic E-state index is -3.79. The number of benzene rings is 3. The van der Waals surface area contributed by atoms with Gasteiger partial charge in [-0.3, -0.25) is 9.10 Å². The number of amides is 1. The van der Waals surface area contributed by atoms with E-state index in [1.807, 2.05) is 42.5 Å². The Morgan fingerprint density at radius 3 is 2.48 bits per heavy atom. The number of rotatable bonds is 6. The molecule has 1 unspecified atom stereocenters. The molecular formula is C21H20Cl2N2O3S. The lowest BCUT2D eigenvalue weighted by Gasteiger charge is -2.29. The van der Waals surface area contributed by atoms with Crippen LogP contribution in [0, 0.1) is 0 Å². The predicted molar refractivity (Wildman–Crippen MR) is 119 cm³/mol. The number of nitrogens with zero attached hydrogens (tertiary/aromatic N) is 1. The van der Waals surface area contributed by atoms with Gasteiger partial charge in [0.15, 0.2) is 0 Å². The molecule has 0 bridgehead atoms. The van der Waals surface area contributed by atoms with Crippen molar-refractivity contribution in [3.8, 4) is 0 Å². The van der Waals surface area contributed by atoms with E-state index in [0.29, 0.717) is 5.02 Å². The molecular weight excluding hydrogens is 431 g/mol. The Kier molecular flexibility index (Phi) is 6.36.